The van der Waals surface area contributed by atoms with Crippen LogP contribution in [0.4, 0.5) is 10.5 Å². The molecular weight excluding hydrogens is 384 g/mol. The minimum absolute atomic E-state index is 0.0286. The predicted molar refractivity (Wildman–Crippen MR) is 107 cm³/mol. The maximum atomic E-state index is 12.6. The summed E-state index contributed by atoms with van der Waals surface area (Å²) in [5.74, 6) is -0.199. The number of amides is 3. The molecule has 8 heteroatoms. The lowest BCUT2D eigenvalue weighted by Crippen LogP contribution is -2.39. The van der Waals surface area contributed by atoms with Crippen LogP contribution in [-0.2, 0) is 11.3 Å². The molecule has 6 nitrogen and oxygen atoms in total. The Labute approximate surface area is 165 Å². The van der Waals surface area contributed by atoms with Gasteiger partial charge in [-0.3, -0.25) is 9.69 Å². The van der Waals surface area contributed by atoms with Gasteiger partial charge in [-0.1, -0.05) is 29.8 Å². The molecule has 4 rings (SSSR count). The van der Waals surface area contributed by atoms with Crippen LogP contribution in [0.1, 0.15) is 5.01 Å². The number of anilines is 1. The zero-order valence-corrected chi connectivity index (χ0v) is 16.0. The first-order chi connectivity index (χ1) is 13.1. The third kappa shape index (κ3) is 3.89. The van der Waals surface area contributed by atoms with E-state index in [0.29, 0.717) is 24.7 Å². The molecule has 3 amide bonds. The second-order valence-corrected chi connectivity index (χ2v) is 7.74. The molecule has 1 N–H and O–H groups in total. The first-order valence-corrected chi connectivity index (χ1v) is 9.73. The Hall–Kier alpha value is -2.64. The fourth-order valence-electron chi connectivity index (χ4n) is 3.01. The first kappa shape index (κ1) is 17.8. The molecule has 0 spiro atoms. The lowest BCUT2D eigenvalue weighted by atomic mass is 10.3. The molecule has 1 aliphatic heterocycles. The molecular formula is C19H17ClN4O2S. The molecule has 1 aliphatic rings. The van der Waals surface area contributed by atoms with Crippen LogP contribution in [0.3, 0.4) is 0 Å². The average molecular weight is 401 g/mol. The second-order valence-electron chi connectivity index (χ2n) is 6.19. The molecule has 2 aromatic carbocycles. The minimum atomic E-state index is -0.199. The summed E-state index contributed by atoms with van der Waals surface area (Å²) in [5, 5.41) is 4.27. The summed E-state index contributed by atoms with van der Waals surface area (Å²) < 4.78 is 1.09. The number of halogens is 1. The second kappa shape index (κ2) is 7.54. The summed E-state index contributed by atoms with van der Waals surface area (Å²) in [6, 6.07) is 14.8. The van der Waals surface area contributed by atoms with Crippen LogP contribution in [-0.4, -0.2) is 41.5 Å². The topological polar surface area (TPSA) is 65.5 Å². The van der Waals surface area contributed by atoms with E-state index in [0.717, 1.165) is 20.9 Å². The molecule has 27 heavy (non-hydrogen) atoms. The SMILES string of the molecule is O=C(CN1CCN(c2cccc(Cl)c2)C1=O)NCc1nc2ccccc2s1. The number of carbonyl (C=O) groups is 2. The number of rotatable bonds is 5. The van der Waals surface area contributed by atoms with E-state index < -0.39 is 0 Å². The molecule has 0 atom stereocenters. The Bertz CT molecular complexity index is 973. The van der Waals surface area contributed by atoms with Gasteiger partial charge in [-0.05, 0) is 30.3 Å². The zero-order valence-electron chi connectivity index (χ0n) is 14.4. The van der Waals surface area contributed by atoms with E-state index in [-0.39, 0.29) is 18.5 Å². The van der Waals surface area contributed by atoms with Crippen LogP contribution in [0, 0.1) is 0 Å². The molecule has 1 aromatic heterocycles. The Morgan fingerprint density at radius 2 is 2.04 bits per heavy atom. The molecule has 2 heterocycles. The number of hydrogen-bond donors (Lipinski definition) is 1. The van der Waals surface area contributed by atoms with Crippen molar-refractivity contribution >= 4 is 50.8 Å². The van der Waals surface area contributed by atoms with E-state index >= 15 is 0 Å². The van der Waals surface area contributed by atoms with Gasteiger partial charge in [-0.15, -0.1) is 11.3 Å². The van der Waals surface area contributed by atoms with Crippen LogP contribution in [0.15, 0.2) is 48.5 Å². The number of para-hydroxylation sites is 1. The Balaban J connectivity index is 1.33. The Morgan fingerprint density at radius 1 is 1.19 bits per heavy atom. The van der Waals surface area contributed by atoms with Gasteiger partial charge in [0.25, 0.3) is 0 Å². The smallest absolute Gasteiger partial charge is 0.325 e. The summed E-state index contributed by atoms with van der Waals surface area (Å²) in [6.07, 6.45) is 0. The van der Waals surface area contributed by atoms with Crippen LogP contribution in [0.5, 0.6) is 0 Å². The number of nitrogens with zero attached hydrogens (tertiary/aromatic N) is 3. The van der Waals surface area contributed by atoms with Gasteiger partial charge >= 0.3 is 6.03 Å². The molecule has 0 bridgehead atoms. The number of fused-ring (bicyclic) bond motifs is 1. The van der Waals surface area contributed by atoms with Gasteiger partial charge in [0.05, 0.1) is 16.8 Å². The summed E-state index contributed by atoms with van der Waals surface area (Å²) >= 11 is 7.55. The highest BCUT2D eigenvalue weighted by atomic mass is 35.5. The van der Waals surface area contributed by atoms with E-state index in [9.17, 15) is 9.59 Å². The molecule has 1 saturated heterocycles. The zero-order chi connectivity index (χ0) is 18.8. The third-order valence-electron chi connectivity index (χ3n) is 4.32. The quantitative estimate of drug-likeness (QED) is 0.712. The maximum absolute atomic E-state index is 12.6. The summed E-state index contributed by atoms with van der Waals surface area (Å²) in [4.78, 5) is 32.5. The number of aromatic nitrogens is 1. The Kier molecular flexibility index (Phi) is 4.96. The predicted octanol–water partition coefficient (Wildman–Crippen LogP) is 3.51. The van der Waals surface area contributed by atoms with E-state index in [4.69, 9.17) is 11.6 Å². The van der Waals surface area contributed by atoms with Gasteiger partial charge in [0.2, 0.25) is 5.91 Å². The fraction of sp³-hybridized carbons (Fsp3) is 0.211. The van der Waals surface area contributed by atoms with Crippen molar-refractivity contribution in [3.8, 4) is 0 Å². The van der Waals surface area contributed by atoms with Crippen LogP contribution < -0.4 is 10.2 Å². The van der Waals surface area contributed by atoms with Gasteiger partial charge in [0.1, 0.15) is 11.6 Å². The summed E-state index contributed by atoms with van der Waals surface area (Å²) in [6.45, 7) is 1.42. The minimum Gasteiger partial charge on any atom is -0.348 e. The standard InChI is InChI=1S/C19H17ClN4O2S/c20-13-4-3-5-14(10-13)24-9-8-23(19(24)26)12-17(25)21-11-18-22-15-6-1-2-7-16(15)27-18/h1-7,10H,8-9,11-12H2,(H,21,25). The normalized spacial score (nSPS) is 14.2. The van der Waals surface area contributed by atoms with Crippen LogP contribution in [0.25, 0.3) is 10.2 Å². The summed E-state index contributed by atoms with van der Waals surface area (Å²) in [5.41, 5.74) is 1.67. The molecule has 0 radical (unpaired) electrons. The fourth-order valence-corrected chi connectivity index (χ4v) is 4.10. The van der Waals surface area contributed by atoms with Crippen LogP contribution in [0.2, 0.25) is 5.02 Å². The van der Waals surface area contributed by atoms with E-state index in [2.05, 4.69) is 10.3 Å². The van der Waals surface area contributed by atoms with E-state index in [1.807, 2.05) is 30.3 Å². The van der Waals surface area contributed by atoms with Crippen molar-refractivity contribution in [2.24, 2.45) is 0 Å². The highest BCUT2D eigenvalue weighted by molar-refractivity contribution is 7.18. The van der Waals surface area contributed by atoms with Gasteiger partial charge in [0, 0.05) is 23.8 Å². The monoisotopic (exact) mass is 400 g/mol. The molecule has 0 saturated carbocycles. The van der Waals surface area contributed by atoms with Crippen molar-refractivity contribution in [3.05, 3.63) is 58.6 Å². The summed E-state index contributed by atoms with van der Waals surface area (Å²) in [7, 11) is 0. The lowest BCUT2D eigenvalue weighted by molar-refractivity contribution is -0.121. The van der Waals surface area contributed by atoms with Gasteiger partial charge in [-0.2, -0.15) is 0 Å². The number of nitrogens with one attached hydrogen (secondary N) is 1. The van der Waals surface area contributed by atoms with Crippen molar-refractivity contribution in [1.29, 1.82) is 0 Å². The number of carbonyl (C=O) groups excluding carboxylic acids is 2. The molecule has 0 unspecified atom stereocenters. The highest BCUT2D eigenvalue weighted by Gasteiger charge is 2.30. The largest absolute Gasteiger partial charge is 0.348 e. The number of benzene rings is 2. The van der Waals surface area contributed by atoms with Gasteiger partial charge in [-0.25, -0.2) is 9.78 Å². The van der Waals surface area contributed by atoms with Crippen LogP contribution >= 0.6 is 22.9 Å². The van der Waals surface area contributed by atoms with Crippen molar-refractivity contribution < 1.29 is 9.59 Å². The van der Waals surface area contributed by atoms with Crippen molar-refractivity contribution in [2.45, 2.75) is 6.54 Å². The van der Waals surface area contributed by atoms with Gasteiger partial charge in [0.15, 0.2) is 0 Å². The average Bonchev–Trinajstić information content (AvgIpc) is 3.23. The van der Waals surface area contributed by atoms with Gasteiger partial charge < -0.3 is 10.2 Å². The first-order valence-electron chi connectivity index (χ1n) is 8.53. The number of urea groups is 1. The van der Waals surface area contributed by atoms with E-state index in [1.165, 1.54) is 4.90 Å². The molecule has 1 fully saturated rings. The molecule has 3 aromatic rings. The van der Waals surface area contributed by atoms with Crippen molar-refractivity contribution in [2.75, 3.05) is 24.5 Å². The highest BCUT2D eigenvalue weighted by Crippen LogP contribution is 2.24. The van der Waals surface area contributed by atoms with Crippen molar-refractivity contribution in [1.82, 2.24) is 15.2 Å². The molecule has 0 aliphatic carbocycles. The third-order valence-corrected chi connectivity index (χ3v) is 5.60. The van der Waals surface area contributed by atoms with Crippen molar-refractivity contribution in [3.63, 3.8) is 0 Å². The Morgan fingerprint density at radius 3 is 2.85 bits per heavy atom. The number of hydrogen-bond acceptors (Lipinski definition) is 4. The lowest BCUT2D eigenvalue weighted by Gasteiger charge is -2.18. The number of thiazole rings is 1. The van der Waals surface area contributed by atoms with E-state index in [1.54, 1.807) is 34.4 Å². The maximum Gasteiger partial charge on any atom is 0.325 e. The molecule has 138 valence electrons.